The van der Waals surface area contributed by atoms with Gasteiger partial charge in [0.05, 0.1) is 0 Å². The van der Waals surface area contributed by atoms with E-state index in [2.05, 4.69) is 34.1 Å². The topological polar surface area (TPSA) is 64.9 Å². The van der Waals surface area contributed by atoms with Gasteiger partial charge in [-0.05, 0) is 12.1 Å². The molecule has 5 heteroatoms. The van der Waals surface area contributed by atoms with Crippen LogP contribution < -0.4 is 20.5 Å². The van der Waals surface area contributed by atoms with Crippen molar-refractivity contribution in [3.8, 4) is 0 Å². The second-order valence-corrected chi connectivity index (χ2v) is 5.31. The number of nitrogens with one attached hydrogen (secondary N) is 2. The molecule has 1 aliphatic heterocycles. The summed E-state index contributed by atoms with van der Waals surface area (Å²) in [6.07, 6.45) is 0. The Morgan fingerprint density at radius 1 is 1.20 bits per heavy atom. The van der Waals surface area contributed by atoms with E-state index in [4.69, 9.17) is 5.73 Å². The highest BCUT2D eigenvalue weighted by Crippen LogP contribution is 2.13. The molecule has 20 heavy (non-hydrogen) atoms. The summed E-state index contributed by atoms with van der Waals surface area (Å²) in [5.74, 6) is 0.924. The van der Waals surface area contributed by atoms with Crippen molar-refractivity contribution in [3.63, 3.8) is 0 Å². The zero-order chi connectivity index (χ0) is 13.9. The molecular weight excluding hydrogens is 252 g/mol. The maximum Gasteiger partial charge on any atom is 0.275 e. The highest BCUT2D eigenvalue weighted by atomic mass is 16.1. The number of anilines is 1. The minimum atomic E-state index is -0.217. The Kier molecular flexibility index (Phi) is 3.52. The SMILES string of the molecule is NC(=O)C[NH+]1CCN(c2ccc3ccccc3[nH+]2)CC1. The van der Waals surface area contributed by atoms with E-state index in [9.17, 15) is 4.79 Å². The monoisotopic (exact) mass is 272 g/mol. The summed E-state index contributed by atoms with van der Waals surface area (Å²) in [7, 11) is 0. The fraction of sp³-hybridized carbons (Fsp3) is 0.333. The summed E-state index contributed by atoms with van der Waals surface area (Å²) in [5.41, 5.74) is 6.40. The number of aromatic amines is 1. The van der Waals surface area contributed by atoms with Gasteiger partial charge >= 0.3 is 0 Å². The molecule has 1 aromatic carbocycles. The molecule has 1 saturated heterocycles. The number of H-pyrrole nitrogens is 1. The quantitative estimate of drug-likeness (QED) is 0.740. The molecule has 2 heterocycles. The molecule has 1 amide bonds. The second kappa shape index (κ2) is 5.46. The lowest BCUT2D eigenvalue weighted by Gasteiger charge is -2.27. The first-order chi connectivity index (χ1) is 9.72. The Hall–Kier alpha value is -2.14. The maximum absolute atomic E-state index is 10.9. The average Bonchev–Trinajstić information content (AvgIpc) is 2.47. The third-order valence-electron chi connectivity index (χ3n) is 3.88. The van der Waals surface area contributed by atoms with Crippen molar-refractivity contribution in [2.24, 2.45) is 5.73 Å². The number of pyridine rings is 1. The van der Waals surface area contributed by atoms with Gasteiger partial charge in [0.15, 0.2) is 6.54 Å². The number of piperazine rings is 1. The lowest BCUT2D eigenvalue weighted by molar-refractivity contribution is -0.892. The van der Waals surface area contributed by atoms with Gasteiger partial charge in [-0.2, -0.15) is 0 Å². The van der Waals surface area contributed by atoms with Gasteiger partial charge in [-0.3, -0.25) is 9.69 Å². The number of hydrogen-bond acceptors (Lipinski definition) is 2. The molecule has 104 valence electrons. The highest BCUT2D eigenvalue weighted by Gasteiger charge is 2.26. The third-order valence-corrected chi connectivity index (χ3v) is 3.88. The zero-order valence-electron chi connectivity index (χ0n) is 11.4. The van der Waals surface area contributed by atoms with Gasteiger partial charge in [-0.1, -0.05) is 18.2 Å². The Balaban J connectivity index is 1.71. The van der Waals surface area contributed by atoms with E-state index in [1.807, 2.05) is 12.1 Å². The van der Waals surface area contributed by atoms with Crippen molar-refractivity contribution in [1.82, 2.24) is 0 Å². The molecule has 0 aliphatic carbocycles. The van der Waals surface area contributed by atoms with E-state index in [0.29, 0.717) is 6.54 Å². The summed E-state index contributed by atoms with van der Waals surface area (Å²) in [4.78, 5) is 18.0. The van der Waals surface area contributed by atoms with Crippen LogP contribution >= 0.6 is 0 Å². The number of aromatic nitrogens is 1. The van der Waals surface area contributed by atoms with Crippen LogP contribution in [0, 0.1) is 0 Å². The number of benzene rings is 1. The van der Waals surface area contributed by atoms with Gasteiger partial charge in [0, 0.05) is 11.5 Å². The van der Waals surface area contributed by atoms with Crippen LogP contribution in [-0.2, 0) is 4.79 Å². The maximum atomic E-state index is 10.9. The molecular formula is C15H20N4O+2. The van der Waals surface area contributed by atoms with Gasteiger partial charge in [0.25, 0.3) is 11.7 Å². The van der Waals surface area contributed by atoms with Crippen LogP contribution in [0.25, 0.3) is 10.9 Å². The number of fused-ring (bicyclic) bond motifs is 1. The molecule has 1 fully saturated rings. The van der Waals surface area contributed by atoms with Crippen LogP contribution in [0.3, 0.4) is 0 Å². The van der Waals surface area contributed by atoms with Crippen molar-refractivity contribution < 1.29 is 14.7 Å². The standard InChI is InChI=1S/C15H18N4O/c16-14(20)11-18-7-9-19(10-8-18)15-6-5-12-3-1-2-4-13(12)17-15/h1-6H,7-11H2,(H2,16,20)/p+2. The molecule has 0 atom stereocenters. The molecule has 3 rings (SSSR count). The first-order valence-electron chi connectivity index (χ1n) is 7.00. The number of hydrogen-bond donors (Lipinski definition) is 2. The summed E-state index contributed by atoms with van der Waals surface area (Å²) < 4.78 is 0. The van der Waals surface area contributed by atoms with Crippen LogP contribution in [0.1, 0.15) is 0 Å². The number of amides is 1. The molecule has 0 unspecified atom stereocenters. The Morgan fingerprint density at radius 3 is 2.70 bits per heavy atom. The average molecular weight is 272 g/mol. The first kappa shape index (κ1) is 12.9. The van der Waals surface area contributed by atoms with E-state index in [1.165, 1.54) is 10.3 Å². The van der Waals surface area contributed by atoms with Crippen molar-refractivity contribution in [2.75, 3.05) is 37.6 Å². The molecule has 5 nitrogen and oxygen atoms in total. The van der Waals surface area contributed by atoms with Crippen molar-refractivity contribution >= 4 is 22.6 Å². The zero-order valence-corrected chi connectivity index (χ0v) is 11.4. The van der Waals surface area contributed by atoms with E-state index in [-0.39, 0.29) is 5.91 Å². The van der Waals surface area contributed by atoms with Crippen LogP contribution in [-0.4, -0.2) is 38.6 Å². The van der Waals surface area contributed by atoms with Crippen LogP contribution in [0.2, 0.25) is 0 Å². The van der Waals surface area contributed by atoms with E-state index < -0.39 is 0 Å². The molecule has 4 N–H and O–H groups in total. The molecule has 1 aromatic heterocycles. The fourth-order valence-electron chi connectivity index (χ4n) is 2.78. The fourth-order valence-corrected chi connectivity index (χ4v) is 2.78. The molecule has 2 aromatic rings. The Morgan fingerprint density at radius 2 is 1.95 bits per heavy atom. The number of nitrogens with two attached hydrogens (primary N) is 1. The third kappa shape index (κ3) is 2.72. The van der Waals surface area contributed by atoms with Gasteiger partial charge in [-0.25, -0.2) is 4.98 Å². The van der Waals surface area contributed by atoms with Gasteiger partial charge in [-0.15, -0.1) is 0 Å². The number of primary amides is 1. The van der Waals surface area contributed by atoms with E-state index in [0.717, 1.165) is 37.5 Å². The van der Waals surface area contributed by atoms with Crippen molar-refractivity contribution in [3.05, 3.63) is 36.4 Å². The van der Waals surface area contributed by atoms with Gasteiger partial charge < -0.3 is 10.6 Å². The summed E-state index contributed by atoms with van der Waals surface area (Å²) in [6.45, 7) is 4.22. The van der Waals surface area contributed by atoms with Gasteiger partial charge in [0.1, 0.15) is 31.7 Å². The van der Waals surface area contributed by atoms with Crippen LogP contribution in [0.5, 0.6) is 0 Å². The highest BCUT2D eigenvalue weighted by molar-refractivity contribution is 5.76. The number of carbonyl (C=O) groups excluding carboxylic acids is 1. The van der Waals surface area contributed by atoms with Crippen molar-refractivity contribution in [1.29, 1.82) is 0 Å². The van der Waals surface area contributed by atoms with Crippen LogP contribution in [0.4, 0.5) is 5.82 Å². The smallest absolute Gasteiger partial charge is 0.275 e. The van der Waals surface area contributed by atoms with Crippen molar-refractivity contribution in [2.45, 2.75) is 0 Å². The summed E-state index contributed by atoms with van der Waals surface area (Å²) in [6, 6.07) is 12.5. The minimum absolute atomic E-state index is 0.217. The largest absolute Gasteiger partial charge is 0.365 e. The lowest BCUT2D eigenvalue weighted by atomic mass is 10.2. The van der Waals surface area contributed by atoms with Gasteiger partial charge in [0.2, 0.25) is 0 Å². The summed E-state index contributed by atoms with van der Waals surface area (Å²) >= 11 is 0. The predicted octanol–water partition coefficient (Wildman–Crippen LogP) is -1.16. The van der Waals surface area contributed by atoms with E-state index in [1.54, 1.807) is 0 Å². The molecule has 0 radical (unpaired) electrons. The van der Waals surface area contributed by atoms with Crippen LogP contribution in [0.15, 0.2) is 36.4 Å². The number of carbonyl (C=O) groups is 1. The predicted molar refractivity (Wildman–Crippen MR) is 77.5 cm³/mol. The lowest BCUT2D eigenvalue weighted by Crippen LogP contribution is -3.15. The Labute approximate surface area is 118 Å². The summed E-state index contributed by atoms with van der Waals surface area (Å²) in [5, 5.41) is 1.22. The molecule has 0 bridgehead atoms. The number of rotatable bonds is 3. The van der Waals surface area contributed by atoms with E-state index >= 15 is 0 Å². The molecule has 0 saturated carbocycles. The number of quaternary nitrogens is 1. The molecule has 0 spiro atoms. The first-order valence-corrected chi connectivity index (χ1v) is 7.00. The normalized spacial score (nSPS) is 16.5. The molecule has 1 aliphatic rings. The Bertz CT molecular complexity index is 620. The number of nitrogens with zero attached hydrogens (tertiary/aromatic N) is 1. The minimum Gasteiger partial charge on any atom is -0.365 e. The second-order valence-electron chi connectivity index (χ2n) is 5.31. The number of para-hydroxylation sites is 1.